The number of aliphatic hydroxyl groups excluding tert-OH is 2. The summed E-state index contributed by atoms with van der Waals surface area (Å²) < 4.78 is 22.8. The second kappa shape index (κ2) is 27.2. The lowest BCUT2D eigenvalue weighted by molar-refractivity contribution is -0.179. The molecule has 0 aliphatic carbocycles. The van der Waals surface area contributed by atoms with E-state index >= 15 is 0 Å². The Morgan fingerprint density at radius 1 is 0.855 bits per heavy atom. The molecule has 0 saturated carbocycles. The molecule has 3 aromatic carbocycles. The van der Waals surface area contributed by atoms with Crippen LogP contribution in [0.4, 0.5) is 9.59 Å². The first-order valence-electron chi connectivity index (χ1n) is 23.2. The van der Waals surface area contributed by atoms with Crippen LogP contribution < -0.4 is 21.5 Å². The Hall–Kier alpha value is -6.08. The van der Waals surface area contributed by atoms with Gasteiger partial charge in [0.15, 0.2) is 6.29 Å². The van der Waals surface area contributed by atoms with Gasteiger partial charge in [-0.15, -0.1) is 0 Å². The quantitative estimate of drug-likeness (QED) is 0.0281. The number of nitrogens with one attached hydrogen (secondary N) is 3. The van der Waals surface area contributed by atoms with E-state index in [0.29, 0.717) is 33.7 Å². The zero-order valence-corrected chi connectivity index (χ0v) is 41.4. The number of aliphatic hydroxyl groups is 2. The Balaban J connectivity index is 1.43. The van der Waals surface area contributed by atoms with Gasteiger partial charge in [-0.2, -0.15) is 0 Å². The fraction of sp³-hybridized carbons (Fsp3) is 0.500. The largest absolute Gasteiger partial charge is 0.444 e. The first-order valence-corrected chi connectivity index (χ1v) is 23.6. The van der Waals surface area contributed by atoms with E-state index in [-0.39, 0.29) is 63.0 Å². The molecule has 0 spiro atoms. The molecular formula is C50H67ClN6O12. The van der Waals surface area contributed by atoms with Gasteiger partial charge in [-0.25, -0.2) is 19.4 Å². The number of benzene rings is 3. The molecule has 4 rings (SSSR count). The molecule has 0 radical (unpaired) electrons. The highest BCUT2D eigenvalue weighted by Gasteiger charge is 2.34. The minimum atomic E-state index is -1.45. The lowest BCUT2D eigenvalue weighted by Crippen LogP contribution is -2.48. The second-order valence-corrected chi connectivity index (χ2v) is 18.1. The molecule has 18 nitrogen and oxygen atoms in total. The van der Waals surface area contributed by atoms with Gasteiger partial charge >= 0.3 is 18.2 Å². The van der Waals surface area contributed by atoms with Gasteiger partial charge in [-0.3, -0.25) is 19.0 Å². The molecular weight excluding hydrogens is 912 g/mol. The molecule has 4 aromatic rings. The average Bonchev–Trinajstić information content (AvgIpc) is 3.31. The third-order valence-corrected chi connectivity index (χ3v) is 11.2. The van der Waals surface area contributed by atoms with Gasteiger partial charge in [-0.05, 0) is 67.5 Å². The summed E-state index contributed by atoms with van der Waals surface area (Å²) in [6.45, 7) is 13.7. The maximum absolute atomic E-state index is 14.6. The van der Waals surface area contributed by atoms with E-state index in [2.05, 4.69) is 16.0 Å². The van der Waals surface area contributed by atoms with Gasteiger partial charge in [0.25, 0.3) is 17.8 Å². The monoisotopic (exact) mass is 978 g/mol. The Kier molecular flexibility index (Phi) is 21.9. The number of nitrogens with zero attached hydrogens (tertiary/aromatic N) is 3. The molecule has 3 unspecified atom stereocenters. The highest BCUT2D eigenvalue weighted by Crippen LogP contribution is 2.31. The van der Waals surface area contributed by atoms with Crippen molar-refractivity contribution in [3.8, 4) is 0 Å². The van der Waals surface area contributed by atoms with Crippen molar-refractivity contribution in [3.05, 3.63) is 111 Å². The van der Waals surface area contributed by atoms with Crippen LogP contribution in [0.3, 0.4) is 0 Å². The van der Waals surface area contributed by atoms with Crippen molar-refractivity contribution < 1.29 is 53.1 Å². The normalized spacial score (nSPS) is 13.6. The second-order valence-electron chi connectivity index (χ2n) is 17.7. The standard InChI is InChI=1S/C50H67ClN6O12/c1-9-37(28-58)67-41(60)29-66-49(64)53-24-22-40(59)55-42(30(2)3)47(63)68-48(32(6)7)69-50(65)52-23-13-25-56(45(61)35-18-16-33(8)17-19-35)43(31(4)5)44-54-39-26-36(51)20-21-38(39)46(62)57(44)27-34-14-11-10-12-15-34/h10-12,14-21,26,30-32,37,41-43,48,58,60H,9,13,22-25,27-29H2,1-8H3,(H,52,65)(H,53,64)(H,55,59)/t37?,41?,42-,43+,48?/m0/s1. The van der Waals surface area contributed by atoms with Gasteiger partial charge in [-0.1, -0.05) is 108 Å². The van der Waals surface area contributed by atoms with E-state index in [9.17, 15) is 39.0 Å². The van der Waals surface area contributed by atoms with Crippen molar-refractivity contribution in [3.63, 3.8) is 0 Å². The molecule has 5 N–H and O–H groups in total. The summed E-state index contributed by atoms with van der Waals surface area (Å²) in [5, 5.41) is 27.5. The maximum Gasteiger partial charge on any atom is 0.410 e. The number of fused-ring (bicyclic) bond motifs is 1. The van der Waals surface area contributed by atoms with Crippen LogP contribution in [0.5, 0.6) is 0 Å². The van der Waals surface area contributed by atoms with Crippen LogP contribution in [-0.2, 0) is 35.1 Å². The molecule has 69 heavy (non-hydrogen) atoms. The highest BCUT2D eigenvalue weighted by molar-refractivity contribution is 6.31. The van der Waals surface area contributed by atoms with Crippen LogP contribution in [0.25, 0.3) is 10.9 Å². The van der Waals surface area contributed by atoms with Crippen LogP contribution in [0.15, 0.2) is 77.6 Å². The number of aromatic nitrogens is 2. The van der Waals surface area contributed by atoms with Crippen molar-refractivity contribution >= 4 is 52.5 Å². The molecule has 0 bridgehead atoms. The molecule has 1 heterocycles. The summed E-state index contributed by atoms with van der Waals surface area (Å²) in [5.74, 6) is -2.54. The molecule has 1 aromatic heterocycles. The van der Waals surface area contributed by atoms with Crippen LogP contribution >= 0.6 is 11.6 Å². The van der Waals surface area contributed by atoms with Crippen molar-refractivity contribution in [2.45, 2.75) is 112 Å². The number of esters is 1. The molecule has 19 heteroatoms. The number of carbonyl (C=O) groups is 5. The predicted molar refractivity (Wildman–Crippen MR) is 259 cm³/mol. The van der Waals surface area contributed by atoms with E-state index in [4.69, 9.17) is 35.5 Å². The van der Waals surface area contributed by atoms with E-state index in [1.807, 2.05) is 63.2 Å². The van der Waals surface area contributed by atoms with Gasteiger partial charge < -0.3 is 50.0 Å². The highest BCUT2D eigenvalue weighted by atomic mass is 35.5. The van der Waals surface area contributed by atoms with Gasteiger partial charge in [0, 0.05) is 42.6 Å². The minimum Gasteiger partial charge on any atom is -0.444 e. The smallest absolute Gasteiger partial charge is 0.410 e. The number of carbonyl (C=O) groups excluding carboxylic acids is 5. The third-order valence-electron chi connectivity index (χ3n) is 11.0. The maximum atomic E-state index is 14.6. The summed E-state index contributed by atoms with van der Waals surface area (Å²) >= 11 is 6.40. The van der Waals surface area contributed by atoms with Crippen LogP contribution in [0, 0.1) is 24.7 Å². The van der Waals surface area contributed by atoms with Crippen molar-refractivity contribution in [1.82, 2.24) is 30.4 Å². The number of rotatable bonds is 25. The zero-order chi connectivity index (χ0) is 50.8. The summed E-state index contributed by atoms with van der Waals surface area (Å²) in [4.78, 5) is 87.1. The zero-order valence-electron chi connectivity index (χ0n) is 40.6. The number of hydrogen-bond donors (Lipinski definition) is 5. The lowest BCUT2D eigenvalue weighted by Gasteiger charge is -2.35. The number of aryl methyl sites for hydroxylation is 1. The fourth-order valence-corrected chi connectivity index (χ4v) is 7.37. The summed E-state index contributed by atoms with van der Waals surface area (Å²) in [6, 6.07) is 19.8. The van der Waals surface area contributed by atoms with E-state index in [0.717, 1.165) is 11.1 Å². The molecule has 5 atom stereocenters. The van der Waals surface area contributed by atoms with E-state index < -0.39 is 73.3 Å². The minimum absolute atomic E-state index is 0.0430. The third kappa shape index (κ3) is 16.8. The van der Waals surface area contributed by atoms with E-state index in [1.165, 1.54) is 0 Å². The predicted octanol–water partition coefficient (Wildman–Crippen LogP) is 6.25. The molecule has 0 aliphatic heterocycles. The molecule has 0 saturated heterocycles. The summed E-state index contributed by atoms with van der Waals surface area (Å²) in [7, 11) is 0. The Labute approximate surface area is 408 Å². The van der Waals surface area contributed by atoms with Gasteiger partial charge in [0.05, 0.1) is 36.2 Å². The fourth-order valence-electron chi connectivity index (χ4n) is 7.20. The van der Waals surface area contributed by atoms with E-state index in [1.54, 1.807) is 74.4 Å². The number of halogens is 1. The number of amides is 4. The molecule has 4 amide bonds. The molecule has 376 valence electrons. The van der Waals surface area contributed by atoms with Crippen molar-refractivity contribution in [2.24, 2.45) is 17.8 Å². The van der Waals surface area contributed by atoms with Crippen molar-refractivity contribution in [1.29, 1.82) is 0 Å². The van der Waals surface area contributed by atoms with Crippen LogP contribution in [-0.4, -0.2) is 112 Å². The van der Waals surface area contributed by atoms with Crippen molar-refractivity contribution in [2.75, 3.05) is 32.8 Å². The number of hydrogen-bond acceptors (Lipinski definition) is 13. The van der Waals surface area contributed by atoms with Crippen LogP contribution in [0.1, 0.15) is 101 Å². The Morgan fingerprint density at radius 3 is 2.16 bits per heavy atom. The number of alkyl carbamates (subject to hydrolysis) is 2. The molecule has 0 aliphatic rings. The first-order chi connectivity index (χ1) is 32.8. The SMILES string of the molecule is CCC(CO)OC(O)COC(=O)NCCC(=O)N[C@H](C(=O)OC(OC(=O)NCCCN(C(=O)c1ccc(C)cc1)[C@@H](c1nc2cc(Cl)ccc2c(=O)n1Cc1ccccc1)C(C)C)C(C)C)C(C)C. The number of ether oxygens (including phenoxy) is 4. The Bertz CT molecular complexity index is 2380. The Morgan fingerprint density at radius 2 is 1.54 bits per heavy atom. The first kappa shape index (κ1) is 55.5. The summed E-state index contributed by atoms with van der Waals surface area (Å²) in [5.41, 5.74) is 2.37. The topological polar surface area (TPSA) is 237 Å². The average molecular weight is 980 g/mol. The molecule has 0 fully saturated rings. The van der Waals surface area contributed by atoms with Crippen LogP contribution in [0.2, 0.25) is 5.02 Å². The lowest BCUT2D eigenvalue weighted by atomic mass is 9.98. The van der Waals surface area contributed by atoms with Gasteiger partial charge in [0.2, 0.25) is 5.91 Å². The summed E-state index contributed by atoms with van der Waals surface area (Å²) in [6.07, 6.45) is -4.75. The van der Waals surface area contributed by atoms with Gasteiger partial charge in [0.1, 0.15) is 18.5 Å².